The molecule has 0 aliphatic heterocycles. The zero-order valence-corrected chi connectivity index (χ0v) is 40.9. The Balaban J connectivity index is 4.21. The van der Waals surface area contributed by atoms with Crippen molar-refractivity contribution in [3.8, 4) is 0 Å². The lowest BCUT2D eigenvalue weighted by Crippen LogP contribution is -2.29. The molecule has 11 heteroatoms. The summed E-state index contributed by atoms with van der Waals surface area (Å²) in [4.78, 5) is 35.1. The number of phosphoric ester groups is 1. The molecule has 0 rings (SSSR count). The quantitative estimate of drug-likeness (QED) is 0.0233. The molecule has 3 N–H and O–H groups in total. The number of hydrogen-bond acceptors (Lipinski definition) is 9. The van der Waals surface area contributed by atoms with Gasteiger partial charge in [-0.15, -0.1) is 0 Å². The third-order valence-electron chi connectivity index (χ3n) is 10.7. The summed E-state index contributed by atoms with van der Waals surface area (Å²) in [5.41, 5.74) is 0. The summed E-state index contributed by atoms with van der Waals surface area (Å²) in [6.45, 7) is 2.23. The minimum atomic E-state index is -4.64. The van der Waals surface area contributed by atoms with Crippen LogP contribution >= 0.6 is 7.82 Å². The number of phosphoric acid groups is 1. The molecule has 0 aromatic carbocycles. The largest absolute Gasteiger partial charge is 0.472 e. The van der Waals surface area contributed by atoms with Gasteiger partial charge in [-0.25, -0.2) is 4.57 Å². The number of carbonyl (C=O) groups excluding carboxylic acids is 2. The van der Waals surface area contributed by atoms with Gasteiger partial charge in [-0.2, -0.15) is 0 Å². The first-order valence-electron chi connectivity index (χ1n) is 25.2. The van der Waals surface area contributed by atoms with Gasteiger partial charge in [0.1, 0.15) is 12.7 Å². The minimum absolute atomic E-state index is 0.105. The number of unbranched alkanes of at least 4 members (excludes halogenated alkanes) is 23. The van der Waals surface area contributed by atoms with Crippen LogP contribution in [0.3, 0.4) is 0 Å². The molecule has 0 spiro atoms. The van der Waals surface area contributed by atoms with Crippen molar-refractivity contribution >= 4 is 19.8 Å². The molecule has 3 atom stereocenters. The van der Waals surface area contributed by atoms with E-state index in [1.54, 1.807) is 0 Å². The zero-order valence-electron chi connectivity index (χ0n) is 40.0. The summed E-state index contributed by atoms with van der Waals surface area (Å²) in [6.07, 6.45) is 54.9. The molecule has 10 nitrogen and oxygen atoms in total. The first-order chi connectivity index (χ1) is 30.7. The first kappa shape index (κ1) is 60.7. The molecule has 0 saturated carbocycles. The van der Waals surface area contributed by atoms with Crippen molar-refractivity contribution in [1.29, 1.82) is 0 Å². The highest BCUT2D eigenvalue weighted by molar-refractivity contribution is 7.47. The van der Waals surface area contributed by atoms with Crippen molar-refractivity contribution in [3.05, 3.63) is 60.8 Å². The van der Waals surface area contributed by atoms with Gasteiger partial charge in [-0.05, 0) is 51.4 Å². The van der Waals surface area contributed by atoms with Crippen molar-refractivity contribution in [2.24, 2.45) is 0 Å². The van der Waals surface area contributed by atoms with Gasteiger partial charge in [-0.3, -0.25) is 18.6 Å². The van der Waals surface area contributed by atoms with Gasteiger partial charge >= 0.3 is 19.8 Å². The van der Waals surface area contributed by atoms with Crippen LogP contribution in [-0.4, -0.2) is 65.7 Å². The second kappa shape index (κ2) is 47.6. The van der Waals surface area contributed by atoms with Crippen molar-refractivity contribution in [2.45, 2.75) is 232 Å². The number of aliphatic hydroxyl groups is 2. The third-order valence-corrected chi connectivity index (χ3v) is 11.6. The average Bonchev–Trinajstić information content (AvgIpc) is 3.27. The molecule has 0 amide bonds. The summed E-state index contributed by atoms with van der Waals surface area (Å²) in [7, 11) is -4.64. The lowest BCUT2D eigenvalue weighted by molar-refractivity contribution is -0.161. The van der Waals surface area contributed by atoms with Crippen LogP contribution in [-0.2, 0) is 32.7 Å². The molecule has 366 valence electrons. The Labute approximate surface area is 385 Å². The predicted molar refractivity (Wildman–Crippen MR) is 260 cm³/mol. The number of ether oxygens (including phenoxy) is 2. The van der Waals surface area contributed by atoms with E-state index in [1.165, 1.54) is 122 Å². The summed E-state index contributed by atoms with van der Waals surface area (Å²) in [6, 6.07) is 0. The average molecular weight is 909 g/mol. The molecule has 0 saturated heterocycles. The molecule has 0 bridgehead atoms. The van der Waals surface area contributed by atoms with E-state index >= 15 is 0 Å². The van der Waals surface area contributed by atoms with Crippen LogP contribution in [0.15, 0.2) is 60.8 Å². The Morgan fingerprint density at radius 2 is 0.873 bits per heavy atom. The molecule has 3 unspecified atom stereocenters. The van der Waals surface area contributed by atoms with Crippen LogP contribution in [0.25, 0.3) is 0 Å². The summed E-state index contributed by atoms with van der Waals surface area (Å²) in [5, 5.41) is 18.4. The maximum Gasteiger partial charge on any atom is 0.472 e. The second-order valence-electron chi connectivity index (χ2n) is 16.8. The first-order valence-corrected chi connectivity index (χ1v) is 26.7. The van der Waals surface area contributed by atoms with E-state index in [4.69, 9.17) is 23.6 Å². The molecule has 0 aliphatic rings. The van der Waals surface area contributed by atoms with E-state index in [0.29, 0.717) is 19.3 Å². The molecule has 63 heavy (non-hydrogen) atoms. The molecule has 0 aromatic heterocycles. The Bertz CT molecular complexity index is 1230. The van der Waals surface area contributed by atoms with E-state index < -0.39 is 51.8 Å². The molecular formula is C52H93O10P. The topological polar surface area (TPSA) is 149 Å². The molecule has 0 aromatic rings. The van der Waals surface area contributed by atoms with Gasteiger partial charge in [0.05, 0.1) is 19.8 Å². The van der Waals surface area contributed by atoms with E-state index in [-0.39, 0.29) is 19.4 Å². The zero-order chi connectivity index (χ0) is 46.2. The van der Waals surface area contributed by atoms with Crippen molar-refractivity contribution < 1.29 is 47.8 Å². The third kappa shape index (κ3) is 47.5. The fraction of sp³-hybridized carbons (Fsp3) is 0.769. The van der Waals surface area contributed by atoms with E-state index in [0.717, 1.165) is 51.4 Å². The van der Waals surface area contributed by atoms with Gasteiger partial charge in [0.25, 0.3) is 0 Å². The number of hydrogen-bond donors (Lipinski definition) is 3. The smallest absolute Gasteiger partial charge is 0.462 e. The highest BCUT2D eigenvalue weighted by atomic mass is 31.2. The highest BCUT2D eigenvalue weighted by Gasteiger charge is 2.27. The molecule has 0 aliphatic carbocycles. The van der Waals surface area contributed by atoms with Crippen molar-refractivity contribution in [2.75, 3.05) is 26.4 Å². The fourth-order valence-corrected chi connectivity index (χ4v) is 7.64. The van der Waals surface area contributed by atoms with Gasteiger partial charge in [0.2, 0.25) is 0 Å². The summed E-state index contributed by atoms with van der Waals surface area (Å²) >= 11 is 0. The number of rotatable bonds is 47. The van der Waals surface area contributed by atoms with Gasteiger partial charge in [0, 0.05) is 12.8 Å². The van der Waals surface area contributed by atoms with Gasteiger partial charge < -0.3 is 24.6 Å². The monoisotopic (exact) mass is 909 g/mol. The number of carbonyl (C=O) groups is 2. The second-order valence-corrected chi connectivity index (χ2v) is 18.3. The van der Waals surface area contributed by atoms with Crippen molar-refractivity contribution in [1.82, 2.24) is 0 Å². The maximum absolute atomic E-state index is 12.6. The SMILES string of the molecule is CC/C=C\C/C=C\C/C=C\C/C=C\C/C=C\CCCC(=O)OC(COC(=O)CCCCCCCCCCCCCCCCCCCCCCCCC)COP(=O)(O)OCC(O)CO. The molecule has 0 radical (unpaired) electrons. The van der Waals surface area contributed by atoms with Gasteiger partial charge in [-0.1, -0.05) is 216 Å². The van der Waals surface area contributed by atoms with Crippen LogP contribution in [0.1, 0.15) is 219 Å². The van der Waals surface area contributed by atoms with E-state index in [9.17, 15) is 24.2 Å². The van der Waals surface area contributed by atoms with Gasteiger partial charge in [0.15, 0.2) is 6.10 Å². The standard InChI is InChI=1S/C52H93O10P/c1-3-5-7-9-11-13-15-17-19-21-22-23-24-25-26-28-29-31-33-35-37-39-41-43-51(55)59-47-50(48-61-63(57,58)60-46-49(54)45-53)62-52(56)44-42-40-38-36-34-32-30-27-20-18-16-14-12-10-8-6-4-2/h6,8,12,14,18,20,30,32,36,38,49-50,53-54H,3-5,7,9-11,13,15-17,19,21-29,31,33-35,37,39-48H2,1-2H3,(H,57,58)/b8-6-,14-12-,20-18-,32-30-,38-36-. The Kier molecular flexibility index (Phi) is 45.9. The number of aliphatic hydroxyl groups excluding tert-OH is 2. The summed E-state index contributed by atoms with van der Waals surface area (Å²) < 4.78 is 32.8. The molecular weight excluding hydrogens is 816 g/mol. The lowest BCUT2D eigenvalue weighted by atomic mass is 10.0. The number of esters is 2. The van der Waals surface area contributed by atoms with E-state index in [1.807, 2.05) is 12.2 Å². The lowest BCUT2D eigenvalue weighted by Gasteiger charge is -2.20. The summed E-state index contributed by atoms with van der Waals surface area (Å²) in [5.74, 6) is -0.987. The normalized spacial score (nSPS) is 14.2. The fourth-order valence-electron chi connectivity index (χ4n) is 6.85. The molecule has 0 fully saturated rings. The van der Waals surface area contributed by atoms with Crippen LogP contribution in [0.2, 0.25) is 0 Å². The van der Waals surface area contributed by atoms with Crippen LogP contribution < -0.4 is 0 Å². The molecule has 0 heterocycles. The predicted octanol–water partition coefficient (Wildman–Crippen LogP) is 14.2. The Morgan fingerprint density at radius 1 is 0.492 bits per heavy atom. The van der Waals surface area contributed by atoms with Crippen molar-refractivity contribution in [3.63, 3.8) is 0 Å². The van der Waals surface area contributed by atoms with Crippen LogP contribution in [0.4, 0.5) is 0 Å². The van der Waals surface area contributed by atoms with E-state index in [2.05, 4.69) is 62.5 Å². The Hall–Kier alpha value is -2.33. The van der Waals surface area contributed by atoms with Crippen LogP contribution in [0.5, 0.6) is 0 Å². The number of allylic oxidation sites excluding steroid dienone is 10. The minimum Gasteiger partial charge on any atom is -0.462 e. The Morgan fingerprint density at radius 3 is 1.30 bits per heavy atom. The maximum atomic E-state index is 12.6. The van der Waals surface area contributed by atoms with Crippen LogP contribution in [0, 0.1) is 0 Å². The highest BCUT2D eigenvalue weighted by Crippen LogP contribution is 2.43.